The molecule has 2 bridgehead atoms. The molecule has 5 nitrogen and oxygen atoms in total. The number of aryl methyl sites for hydroxylation is 1. The summed E-state index contributed by atoms with van der Waals surface area (Å²) in [5.41, 5.74) is 0.645. The van der Waals surface area contributed by atoms with E-state index in [4.69, 9.17) is 0 Å². The number of hydrogen-bond acceptors (Lipinski definition) is 4. The minimum absolute atomic E-state index is 0.0267. The molecule has 2 saturated carbocycles. The number of H-pyrrole nitrogens is 1. The number of hydrogen-bond donors (Lipinski definition) is 2. The maximum atomic E-state index is 12.2. The lowest BCUT2D eigenvalue weighted by atomic mass is 9.84. The van der Waals surface area contributed by atoms with Gasteiger partial charge in [0.15, 0.2) is 5.16 Å². The van der Waals surface area contributed by atoms with Crippen LogP contribution in [-0.2, 0) is 11.2 Å². The molecule has 1 aromatic rings. The molecule has 0 saturated heterocycles. The molecule has 0 radical (unpaired) electrons. The van der Waals surface area contributed by atoms with Crippen molar-refractivity contribution in [2.75, 3.05) is 5.75 Å². The summed E-state index contributed by atoms with van der Waals surface area (Å²) in [5, 5.41) is 3.69. The van der Waals surface area contributed by atoms with Gasteiger partial charge in [-0.15, -0.1) is 0 Å². The van der Waals surface area contributed by atoms with Crippen molar-refractivity contribution in [2.24, 2.45) is 17.8 Å². The molecule has 24 heavy (non-hydrogen) atoms. The van der Waals surface area contributed by atoms with Gasteiger partial charge in [0.1, 0.15) is 0 Å². The summed E-state index contributed by atoms with van der Waals surface area (Å²) in [6.45, 7) is 4.19. The number of carbonyl (C=O) groups is 1. The minimum Gasteiger partial charge on any atom is -0.353 e. The molecule has 1 heterocycles. The highest BCUT2D eigenvalue weighted by Gasteiger charge is 2.42. The van der Waals surface area contributed by atoms with Gasteiger partial charge in [-0.25, -0.2) is 4.98 Å². The molecule has 1 amide bonds. The summed E-state index contributed by atoms with van der Waals surface area (Å²) < 4.78 is 0. The fourth-order valence-corrected chi connectivity index (χ4v) is 5.08. The molecule has 0 aliphatic heterocycles. The number of nitrogens with one attached hydrogen (secondary N) is 2. The highest BCUT2D eigenvalue weighted by Crippen LogP contribution is 2.49. The average molecular weight is 350 g/mol. The summed E-state index contributed by atoms with van der Waals surface area (Å²) in [6.07, 6.45) is 7.07. The van der Waals surface area contributed by atoms with Crippen molar-refractivity contribution in [3.63, 3.8) is 0 Å². The molecule has 0 aromatic carbocycles. The smallest absolute Gasteiger partial charge is 0.251 e. The first-order chi connectivity index (χ1) is 11.5. The molecular formula is C18H27N3O2S. The average Bonchev–Trinajstić information content (AvgIpc) is 3.16. The van der Waals surface area contributed by atoms with Crippen LogP contribution in [0.15, 0.2) is 16.0 Å². The predicted molar refractivity (Wildman–Crippen MR) is 96.1 cm³/mol. The number of fused-ring (bicyclic) bond motifs is 2. The van der Waals surface area contributed by atoms with E-state index in [0.717, 1.165) is 30.4 Å². The number of rotatable bonds is 7. The number of amides is 1. The lowest BCUT2D eigenvalue weighted by Crippen LogP contribution is -2.41. The van der Waals surface area contributed by atoms with Gasteiger partial charge in [-0.05, 0) is 50.4 Å². The van der Waals surface area contributed by atoms with E-state index in [2.05, 4.69) is 29.1 Å². The number of nitrogens with zero attached hydrogens (tertiary/aromatic N) is 1. The zero-order valence-electron chi connectivity index (χ0n) is 14.5. The molecule has 2 aliphatic rings. The monoisotopic (exact) mass is 349 g/mol. The van der Waals surface area contributed by atoms with Crippen molar-refractivity contribution in [2.45, 2.75) is 63.6 Å². The van der Waals surface area contributed by atoms with Crippen molar-refractivity contribution < 1.29 is 4.79 Å². The topological polar surface area (TPSA) is 74.8 Å². The first-order valence-electron chi connectivity index (χ1n) is 9.07. The summed E-state index contributed by atoms with van der Waals surface area (Å²) in [7, 11) is 0. The highest BCUT2D eigenvalue weighted by molar-refractivity contribution is 7.99. The van der Waals surface area contributed by atoms with Crippen molar-refractivity contribution >= 4 is 17.7 Å². The van der Waals surface area contributed by atoms with Crippen LogP contribution in [0.2, 0.25) is 0 Å². The van der Waals surface area contributed by atoms with Crippen LogP contribution in [0, 0.1) is 17.8 Å². The van der Waals surface area contributed by atoms with Crippen LogP contribution < -0.4 is 10.9 Å². The molecule has 4 atom stereocenters. The Morgan fingerprint density at radius 2 is 2.29 bits per heavy atom. The first-order valence-corrected chi connectivity index (χ1v) is 10.1. The molecule has 3 rings (SSSR count). The van der Waals surface area contributed by atoms with Crippen LogP contribution in [0.4, 0.5) is 0 Å². The molecule has 132 valence electrons. The summed E-state index contributed by atoms with van der Waals surface area (Å²) >= 11 is 1.30. The van der Waals surface area contributed by atoms with E-state index in [1.807, 2.05) is 0 Å². The normalized spacial score (nSPS) is 26.5. The van der Waals surface area contributed by atoms with Gasteiger partial charge >= 0.3 is 0 Å². The maximum absolute atomic E-state index is 12.2. The van der Waals surface area contributed by atoms with Gasteiger partial charge in [0.25, 0.3) is 5.56 Å². The molecule has 1 aromatic heterocycles. The molecule has 2 N–H and O–H groups in total. The molecule has 0 unspecified atom stereocenters. The second-order valence-corrected chi connectivity index (χ2v) is 8.24. The Balaban J connectivity index is 1.49. The Labute approximate surface area is 147 Å². The van der Waals surface area contributed by atoms with Crippen LogP contribution in [0.5, 0.6) is 0 Å². The minimum atomic E-state index is -0.147. The Bertz CT molecular complexity index is 645. The van der Waals surface area contributed by atoms with E-state index in [-0.39, 0.29) is 17.5 Å². The second-order valence-electron chi connectivity index (χ2n) is 7.28. The standard InChI is InChI=1S/C18H27N3O2S/c1-3-4-14-9-16(22)21-18(20-14)24-10-17(23)19-11(2)15-8-12-5-6-13(15)7-12/h9,11-13,15H,3-8,10H2,1-2H3,(H,19,23)(H,20,21,22)/t11-,12-,13+,15+/m1/s1. The second kappa shape index (κ2) is 7.72. The van der Waals surface area contributed by atoms with Gasteiger partial charge in [0.2, 0.25) is 5.91 Å². The number of thioether (sulfide) groups is 1. The van der Waals surface area contributed by atoms with Crippen molar-refractivity contribution in [1.82, 2.24) is 15.3 Å². The lowest BCUT2D eigenvalue weighted by molar-refractivity contribution is -0.119. The maximum Gasteiger partial charge on any atom is 0.251 e. The van der Waals surface area contributed by atoms with Crippen LogP contribution in [-0.4, -0.2) is 27.7 Å². The van der Waals surface area contributed by atoms with E-state index in [9.17, 15) is 9.59 Å². The summed E-state index contributed by atoms with van der Waals surface area (Å²) in [4.78, 5) is 31.0. The Kier molecular flexibility index (Phi) is 5.64. The SMILES string of the molecule is CCCc1cc(=O)[nH]c(SCC(=O)N[C@H](C)[C@@H]2C[C@@H]3CC[C@H]2C3)n1. The van der Waals surface area contributed by atoms with E-state index in [1.165, 1.54) is 43.5 Å². The zero-order chi connectivity index (χ0) is 17.1. The Hall–Kier alpha value is -1.30. The van der Waals surface area contributed by atoms with Crippen LogP contribution >= 0.6 is 11.8 Å². The largest absolute Gasteiger partial charge is 0.353 e. The van der Waals surface area contributed by atoms with E-state index >= 15 is 0 Å². The Morgan fingerprint density at radius 1 is 1.46 bits per heavy atom. The molecule has 6 heteroatoms. The lowest BCUT2D eigenvalue weighted by Gasteiger charge is -2.28. The van der Waals surface area contributed by atoms with Gasteiger partial charge in [-0.1, -0.05) is 31.5 Å². The third kappa shape index (κ3) is 4.21. The van der Waals surface area contributed by atoms with Crippen molar-refractivity contribution in [3.8, 4) is 0 Å². The van der Waals surface area contributed by atoms with Gasteiger partial charge in [0.05, 0.1) is 5.75 Å². The van der Waals surface area contributed by atoms with Crippen LogP contribution in [0.1, 0.15) is 51.6 Å². The van der Waals surface area contributed by atoms with E-state index < -0.39 is 0 Å². The molecular weight excluding hydrogens is 322 g/mol. The fraction of sp³-hybridized carbons (Fsp3) is 0.722. The van der Waals surface area contributed by atoms with Crippen LogP contribution in [0.25, 0.3) is 0 Å². The van der Waals surface area contributed by atoms with Gasteiger partial charge < -0.3 is 10.3 Å². The molecule has 2 aliphatic carbocycles. The number of aromatic nitrogens is 2. The third-order valence-corrected chi connectivity index (χ3v) is 6.32. The third-order valence-electron chi connectivity index (χ3n) is 5.44. The predicted octanol–water partition coefficient (Wildman–Crippen LogP) is 2.76. The zero-order valence-corrected chi connectivity index (χ0v) is 15.3. The quantitative estimate of drug-likeness (QED) is 0.586. The highest BCUT2D eigenvalue weighted by atomic mass is 32.2. The molecule has 0 spiro atoms. The summed E-state index contributed by atoms with van der Waals surface area (Å²) in [6, 6.07) is 1.78. The number of aromatic amines is 1. The van der Waals surface area contributed by atoms with Crippen molar-refractivity contribution in [1.29, 1.82) is 0 Å². The van der Waals surface area contributed by atoms with Gasteiger partial charge in [0, 0.05) is 17.8 Å². The first kappa shape index (κ1) is 17.5. The van der Waals surface area contributed by atoms with E-state index in [0.29, 0.717) is 16.8 Å². The van der Waals surface area contributed by atoms with Crippen LogP contribution in [0.3, 0.4) is 0 Å². The Morgan fingerprint density at radius 3 is 2.96 bits per heavy atom. The number of carbonyl (C=O) groups excluding carboxylic acids is 1. The van der Waals surface area contributed by atoms with Gasteiger partial charge in [-0.2, -0.15) is 0 Å². The van der Waals surface area contributed by atoms with Crippen molar-refractivity contribution in [3.05, 3.63) is 22.1 Å². The molecule has 2 fully saturated rings. The van der Waals surface area contributed by atoms with Gasteiger partial charge in [-0.3, -0.25) is 9.59 Å². The fourth-order valence-electron chi connectivity index (χ4n) is 4.38. The summed E-state index contributed by atoms with van der Waals surface area (Å²) in [5.74, 6) is 2.66. The van der Waals surface area contributed by atoms with E-state index in [1.54, 1.807) is 0 Å².